The number of alkyl halides is 1. The van der Waals surface area contributed by atoms with E-state index in [1.165, 1.54) is 29.4 Å². The first-order chi connectivity index (χ1) is 10.4. The molecule has 3 heterocycles. The Kier molecular flexibility index (Phi) is 3.71. The summed E-state index contributed by atoms with van der Waals surface area (Å²) in [5.74, 6) is 0.170. The lowest BCUT2D eigenvalue weighted by atomic mass is 9.93. The summed E-state index contributed by atoms with van der Waals surface area (Å²) in [5, 5.41) is 23.8. The lowest BCUT2D eigenvalue weighted by Crippen LogP contribution is -2.39. The van der Waals surface area contributed by atoms with Crippen molar-refractivity contribution < 1.29 is 19.3 Å². The fourth-order valence-electron chi connectivity index (χ4n) is 2.57. The number of aliphatic hydroxyl groups excluding tert-OH is 2. The predicted octanol–water partition coefficient (Wildman–Crippen LogP) is -0.0503. The van der Waals surface area contributed by atoms with Crippen LogP contribution in [-0.2, 0) is 4.74 Å². The number of hydrogen-bond donors (Lipinski definition) is 3. The molecule has 0 aromatic carbocycles. The zero-order chi connectivity index (χ0) is 16.1. The van der Waals surface area contributed by atoms with Crippen LogP contribution >= 0.6 is 11.8 Å². The monoisotopic (exact) mass is 329 g/mol. The summed E-state index contributed by atoms with van der Waals surface area (Å²) >= 11 is 1.28. The number of aromatic nitrogens is 4. The van der Waals surface area contributed by atoms with E-state index in [1.807, 2.05) is 0 Å². The van der Waals surface area contributed by atoms with E-state index in [0.29, 0.717) is 10.9 Å². The third-order valence-electron chi connectivity index (χ3n) is 3.78. The molecular formula is C12H16FN5O3S. The van der Waals surface area contributed by atoms with E-state index in [9.17, 15) is 14.6 Å². The third kappa shape index (κ3) is 2.14. The molecule has 4 N–H and O–H groups in total. The smallest absolute Gasteiger partial charge is 0.209 e. The van der Waals surface area contributed by atoms with Crippen LogP contribution in [0.5, 0.6) is 0 Å². The van der Waals surface area contributed by atoms with Crippen LogP contribution in [0.2, 0.25) is 0 Å². The van der Waals surface area contributed by atoms with E-state index in [-0.39, 0.29) is 11.5 Å². The van der Waals surface area contributed by atoms with Crippen molar-refractivity contribution in [2.24, 2.45) is 0 Å². The van der Waals surface area contributed by atoms with Gasteiger partial charge in [-0.1, -0.05) is 11.8 Å². The van der Waals surface area contributed by atoms with Gasteiger partial charge < -0.3 is 20.7 Å². The number of hydrogen-bond acceptors (Lipinski definition) is 8. The van der Waals surface area contributed by atoms with Crippen molar-refractivity contribution in [3.63, 3.8) is 0 Å². The zero-order valence-corrected chi connectivity index (χ0v) is 12.8. The zero-order valence-electron chi connectivity index (χ0n) is 12.0. The molecule has 0 radical (unpaired) electrons. The molecule has 3 rings (SSSR count). The molecule has 120 valence electrons. The Morgan fingerprint density at radius 1 is 1.59 bits per heavy atom. The standard InChI is InChI=1S/C12H16FN5O3S/c1-12(13)7(20)6(4-19)21-8(12)5-3-15-10-9(14)16-11(22-2)17-18(5)10/h3,6-8,19-20H,4H2,1-2H3,(H2,14,16,17)/t6-,7-,8?,12-/m1/s1. The van der Waals surface area contributed by atoms with Gasteiger partial charge in [0, 0.05) is 0 Å². The summed E-state index contributed by atoms with van der Waals surface area (Å²) in [6.45, 7) is 0.735. The van der Waals surface area contributed by atoms with Gasteiger partial charge in [0.2, 0.25) is 5.16 Å². The number of thioether (sulfide) groups is 1. The molecule has 2 aromatic rings. The minimum atomic E-state index is -2.09. The van der Waals surface area contributed by atoms with Gasteiger partial charge in [-0.15, -0.1) is 5.10 Å². The highest BCUT2D eigenvalue weighted by atomic mass is 32.2. The van der Waals surface area contributed by atoms with Crippen molar-refractivity contribution in [1.82, 2.24) is 19.6 Å². The van der Waals surface area contributed by atoms with Crippen molar-refractivity contribution in [2.75, 3.05) is 18.6 Å². The minimum Gasteiger partial charge on any atom is -0.394 e. The van der Waals surface area contributed by atoms with Crippen LogP contribution in [0.1, 0.15) is 18.7 Å². The number of aliphatic hydroxyl groups is 2. The molecule has 1 aliphatic heterocycles. The largest absolute Gasteiger partial charge is 0.394 e. The summed E-state index contributed by atoms with van der Waals surface area (Å²) in [6.07, 6.45) is -0.413. The molecule has 0 amide bonds. The molecule has 8 nitrogen and oxygen atoms in total. The summed E-state index contributed by atoms with van der Waals surface area (Å²) in [5.41, 5.74) is 4.32. The lowest BCUT2D eigenvalue weighted by Gasteiger charge is -2.23. The lowest BCUT2D eigenvalue weighted by molar-refractivity contribution is -0.0249. The second-order valence-corrected chi connectivity index (χ2v) is 6.01. The molecule has 4 atom stereocenters. The van der Waals surface area contributed by atoms with Crippen molar-refractivity contribution in [3.05, 3.63) is 11.9 Å². The normalized spacial score (nSPS) is 32.0. The first-order valence-electron chi connectivity index (χ1n) is 6.58. The average Bonchev–Trinajstić information content (AvgIpc) is 3.00. The van der Waals surface area contributed by atoms with E-state index < -0.39 is 30.6 Å². The number of nitrogens with two attached hydrogens (primary N) is 1. The van der Waals surface area contributed by atoms with Gasteiger partial charge >= 0.3 is 0 Å². The fourth-order valence-corrected chi connectivity index (χ4v) is 2.92. The number of nitrogens with zero attached hydrogens (tertiary/aromatic N) is 4. The quantitative estimate of drug-likeness (QED) is 0.671. The first-order valence-corrected chi connectivity index (χ1v) is 7.81. The number of fused-ring (bicyclic) bond motifs is 1. The van der Waals surface area contributed by atoms with Crippen LogP contribution in [-0.4, -0.2) is 60.5 Å². The Hall–Kier alpha value is -1.49. The molecular weight excluding hydrogens is 313 g/mol. The first kappa shape index (κ1) is 15.4. The number of imidazole rings is 1. The van der Waals surface area contributed by atoms with Crippen molar-refractivity contribution >= 4 is 23.2 Å². The highest BCUT2D eigenvalue weighted by Crippen LogP contribution is 2.44. The molecule has 0 aliphatic carbocycles. The van der Waals surface area contributed by atoms with Gasteiger partial charge in [0.05, 0.1) is 18.5 Å². The van der Waals surface area contributed by atoms with Gasteiger partial charge in [0.15, 0.2) is 17.1 Å². The molecule has 0 bridgehead atoms. The average molecular weight is 329 g/mol. The maximum atomic E-state index is 14.9. The molecule has 1 saturated heterocycles. The highest BCUT2D eigenvalue weighted by Gasteiger charge is 2.55. The summed E-state index contributed by atoms with van der Waals surface area (Å²) in [7, 11) is 0. The second-order valence-electron chi connectivity index (χ2n) is 5.24. The van der Waals surface area contributed by atoms with Gasteiger partial charge in [-0.2, -0.15) is 0 Å². The van der Waals surface area contributed by atoms with Crippen molar-refractivity contribution in [1.29, 1.82) is 0 Å². The Balaban J connectivity index is 2.12. The summed E-state index contributed by atoms with van der Waals surface area (Å²) < 4.78 is 21.7. The van der Waals surface area contributed by atoms with E-state index in [4.69, 9.17) is 10.5 Å². The number of ether oxygens (including phenoxy) is 1. The van der Waals surface area contributed by atoms with Gasteiger partial charge in [-0.3, -0.25) is 0 Å². The van der Waals surface area contributed by atoms with Crippen LogP contribution < -0.4 is 5.73 Å². The SMILES string of the molecule is CSc1nc(N)c2ncc(C3O[C@H](CO)[C@@H](O)[C@@]3(C)F)n2n1. The van der Waals surface area contributed by atoms with Crippen LogP contribution in [0, 0.1) is 0 Å². The number of anilines is 1. The van der Waals surface area contributed by atoms with Gasteiger partial charge in [0.25, 0.3) is 0 Å². The molecule has 22 heavy (non-hydrogen) atoms. The predicted molar refractivity (Wildman–Crippen MR) is 77.2 cm³/mol. The second kappa shape index (κ2) is 5.30. The van der Waals surface area contributed by atoms with E-state index in [2.05, 4.69) is 15.1 Å². The molecule has 0 spiro atoms. The molecule has 2 aromatic heterocycles. The van der Waals surface area contributed by atoms with Crippen molar-refractivity contribution in [3.8, 4) is 0 Å². The number of rotatable bonds is 3. The summed E-state index contributed by atoms with van der Waals surface area (Å²) in [6, 6.07) is 0. The summed E-state index contributed by atoms with van der Waals surface area (Å²) in [4.78, 5) is 8.16. The van der Waals surface area contributed by atoms with Crippen LogP contribution in [0.25, 0.3) is 5.65 Å². The maximum absolute atomic E-state index is 14.9. The van der Waals surface area contributed by atoms with Crippen molar-refractivity contribution in [2.45, 2.75) is 36.1 Å². The number of nitrogen functional groups attached to an aromatic ring is 1. The Morgan fingerprint density at radius 3 is 2.91 bits per heavy atom. The highest BCUT2D eigenvalue weighted by molar-refractivity contribution is 7.98. The number of halogens is 1. The van der Waals surface area contributed by atoms with Crippen LogP contribution in [0.4, 0.5) is 10.2 Å². The molecule has 1 unspecified atom stereocenters. The van der Waals surface area contributed by atoms with Gasteiger partial charge in [0.1, 0.15) is 18.3 Å². The maximum Gasteiger partial charge on any atom is 0.209 e. The van der Waals surface area contributed by atoms with Crippen LogP contribution in [0.3, 0.4) is 0 Å². The topological polar surface area (TPSA) is 119 Å². The van der Waals surface area contributed by atoms with E-state index in [0.717, 1.165) is 0 Å². The molecule has 1 fully saturated rings. The Bertz CT molecular complexity index is 709. The molecule has 10 heteroatoms. The Morgan fingerprint density at radius 2 is 2.32 bits per heavy atom. The van der Waals surface area contributed by atoms with E-state index in [1.54, 1.807) is 6.26 Å². The van der Waals surface area contributed by atoms with Gasteiger partial charge in [-0.05, 0) is 13.2 Å². The Labute approximate surface area is 129 Å². The van der Waals surface area contributed by atoms with E-state index >= 15 is 0 Å². The fraction of sp³-hybridized carbons (Fsp3) is 0.583. The molecule has 0 saturated carbocycles. The third-order valence-corrected chi connectivity index (χ3v) is 4.32. The van der Waals surface area contributed by atoms with Crippen LogP contribution in [0.15, 0.2) is 11.4 Å². The minimum absolute atomic E-state index is 0.170. The molecule has 1 aliphatic rings. The van der Waals surface area contributed by atoms with Gasteiger partial charge in [-0.25, -0.2) is 18.9 Å².